The summed E-state index contributed by atoms with van der Waals surface area (Å²) in [5.41, 5.74) is 1.31. The first-order chi connectivity index (χ1) is 10.9. The normalized spacial score (nSPS) is 13.0. The van der Waals surface area contributed by atoms with Gasteiger partial charge in [0.2, 0.25) is 5.82 Å². The molecule has 0 unspecified atom stereocenters. The molecule has 1 N–H and O–H groups in total. The Kier molecular flexibility index (Phi) is 3.81. The number of halogens is 3. The third-order valence-electron chi connectivity index (χ3n) is 3.32. The zero-order valence-corrected chi connectivity index (χ0v) is 12.0. The number of alkyl halides is 3. The molecule has 0 spiro atoms. The van der Waals surface area contributed by atoms with E-state index in [0.29, 0.717) is 11.4 Å². The third-order valence-corrected chi connectivity index (χ3v) is 3.32. The molecule has 0 fully saturated rings. The van der Waals surface area contributed by atoms with Crippen LogP contribution in [0.2, 0.25) is 0 Å². The van der Waals surface area contributed by atoms with Gasteiger partial charge in [0, 0.05) is 23.3 Å². The smallest absolute Gasteiger partial charge is 0.363 e. The number of fused-ring (bicyclic) bond motifs is 1. The maximum absolute atomic E-state index is 12.5. The molecular weight excluding hydrogens is 307 g/mol. The first-order valence-corrected chi connectivity index (χ1v) is 6.80. The van der Waals surface area contributed by atoms with Crippen molar-refractivity contribution >= 4 is 16.7 Å². The van der Waals surface area contributed by atoms with E-state index >= 15 is 0 Å². The van der Waals surface area contributed by atoms with Crippen molar-refractivity contribution in [2.24, 2.45) is 0 Å². The van der Waals surface area contributed by atoms with Gasteiger partial charge in [-0.15, -0.1) is 0 Å². The zero-order chi connectivity index (χ0) is 16.4. The lowest BCUT2D eigenvalue weighted by Gasteiger charge is -2.16. The monoisotopic (exact) mass is 319 g/mol. The summed E-state index contributed by atoms with van der Waals surface area (Å²) in [5.74, 6) is -0.552. The van der Waals surface area contributed by atoms with E-state index in [2.05, 4.69) is 25.3 Å². The molecule has 118 valence electrons. The Morgan fingerprint density at radius 1 is 1.00 bits per heavy atom. The molecule has 0 aliphatic carbocycles. The van der Waals surface area contributed by atoms with Gasteiger partial charge in [0.15, 0.2) is 0 Å². The van der Waals surface area contributed by atoms with Crippen molar-refractivity contribution in [3.05, 3.63) is 54.4 Å². The highest BCUT2D eigenvalue weighted by Crippen LogP contribution is 2.27. The maximum atomic E-state index is 12.5. The largest absolute Gasteiger partial charge is 0.451 e. The van der Waals surface area contributed by atoms with E-state index in [0.717, 1.165) is 23.3 Å². The lowest BCUT2D eigenvalue weighted by Crippen LogP contribution is -2.14. The summed E-state index contributed by atoms with van der Waals surface area (Å²) in [6.07, 6.45) is -0.785. The van der Waals surface area contributed by atoms with Crippen LogP contribution in [0, 0.1) is 0 Å². The van der Waals surface area contributed by atoms with Gasteiger partial charge in [-0.25, -0.2) is 19.9 Å². The van der Waals surface area contributed by atoms with Crippen molar-refractivity contribution in [3.63, 3.8) is 0 Å². The van der Waals surface area contributed by atoms with Crippen molar-refractivity contribution in [2.75, 3.05) is 5.32 Å². The minimum absolute atomic E-state index is 0.310. The fourth-order valence-electron chi connectivity index (χ4n) is 2.12. The molecular formula is C15H12F3N5. The standard InChI is InChI=1S/C15H12F3N5/c1-9(10-6-19-14(20-7-10)15(16,17)18)23-13-11-4-2-3-5-12(11)21-8-22-13/h2-9H,1H3,(H,21,22,23)/t9-/m1/s1. The molecule has 0 radical (unpaired) electrons. The molecule has 0 aliphatic heterocycles. The van der Waals surface area contributed by atoms with E-state index in [9.17, 15) is 13.2 Å². The summed E-state index contributed by atoms with van der Waals surface area (Å²) in [7, 11) is 0. The first kappa shape index (κ1) is 15.1. The Morgan fingerprint density at radius 3 is 2.39 bits per heavy atom. The highest BCUT2D eigenvalue weighted by Gasteiger charge is 2.34. The first-order valence-electron chi connectivity index (χ1n) is 6.80. The summed E-state index contributed by atoms with van der Waals surface area (Å²) in [4.78, 5) is 15.1. The second-order valence-corrected chi connectivity index (χ2v) is 4.94. The Morgan fingerprint density at radius 2 is 1.70 bits per heavy atom. The number of rotatable bonds is 3. The fourth-order valence-corrected chi connectivity index (χ4v) is 2.12. The topological polar surface area (TPSA) is 63.6 Å². The van der Waals surface area contributed by atoms with Crippen LogP contribution in [0.1, 0.15) is 24.4 Å². The molecule has 5 nitrogen and oxygen atoms in total. The Bertz CT molecular complexity index is 812. The van der Waals surface area contributed by atoms with Gasteiger partial charge in [-0.2, -0.15) is 13.2 Å². The number of aromatic nitrogens is 4. The van der Waals surface area contributed by atoms with Gasteiger partial charge in [0.25, 0.3) is 0 Å². The Balaban J connectivity index is 1.85. The van der Waals surface area contributed by atoms with Crippen molar-refractivity contribution in [1.29, 1.82) is 0 Å². The molecule has 2 aromatic heterocycles. The van der Waals surface area contributed by atoms with Crippen molar-refractivity contribution in [1.82, 2.24) is 19.9 Å². The number of hydrogen-bond acceptors (Lipinski definition) is 5. The number of para-hydroxylation sites is 1. The van der Waals surface area contributed by atoms with Crippen molar-refractivity contribution in [2.45, 2.75) is 19.1 Å². The van der Waals surface area contributed by atoms with Crippen LogP contribution in [0.25, 0.3) is 10.9 Å². The minimum Gasteiger partial charge on any atom is -0.363 e. The molecule has 0 saturated heterocycles. The van der Waals surface area contributed by atoms with Gasteiger partial charge in [-0.05, 0) is 19.1 Å². The third kappa shape index (κ3) is 3.20. The molecule has 3 aromatic rings. The van der Waals surface area contributed by atoms with Gasteiger partial charge in [0.05, 0.1) is 11.6 Å². The highest BCUT2D eigenvalue weighted by atomic mass is 19.4. The molecule has 3 rings (SSSR count). The van der Waals surface area contributed by atoms with Crippen molar-refractivity contribution in [3.8, 4) is 0 Å². The lowest BCUT2D eigenvalue weighted by atomic mass is 10.1. The predicted octanol–water partition coefficient (Wildman–Crippen LogP) is 3.61. The maximum Gasteiger partial charge on any atom is 0.451 e. The van der Waals surface area contributed by atoms with E-state index in [4.69, 9.17) is 0 Å². The molecule has 0 aliphatic rings. The Hall–Kier alpha value is -2.77. The van der Waals surface area contributed by atoms with Crippen LogP contribution in [0.3, 0.4) is 0 Å². The Labute approximate surface area is 129 Å². The number of nitrogens with zero attached hydrogens (tertiary/aromatic N) is 4. The van der Waals surface area contributed by atoms with Crippen LogP contribution in [0.15, 0.2) is 43.0 Å². The summed E-state index contributed by atoms with van der Waals surface area (Å²) in [5, 5.41) is 3.98. The van der Waals surface area contributed by atoms with Gasteiger partial charge in [-0.3, -0.25) is 0 Å². The van der Waals surface area contributed by atoms with Crippen LogP contribution >= 0.6 is 0 Å². The molecule has 8 heteroatoms. The molecule has 0 saturated carbocycles. The summed E-state index contributed by atoms with van der Waals surface area (Å²) >= 11 is 0. The zero-order valence-electron chi connectivity index (χ0n) is 12.0. The quantitative estimate of drug-likeness (QED) is 0.799. The number of nitrogens with one attached hydrogen (secondary N) is 1. The van der Waals surface area contributed by atoms with Crippen LogP contribution < -0.4 is 5.32 Å². The number of anilines is 1. The predicted molar refractivity (Wildman–Crippen MR) is 78.6 cm³/mol. The lowest BCUT2D eigenvalue weighted by molar-refractivity contribution is -0.145. The second-order valence-electron chi connectivity index (χ2n) is 4.94. The van der Waals surface area contributed by atoms with Gasteiger partial charge >= 0.3 is 6.18 Å². The van der Waals surface area contributed by atoms with E-state index in [-0.39, 0.29) is 6.04 Å². The van der Waals surface area contributed by atoms with Crippen LogP contribution in [0.5, 0.6) is 0 Å². The van der Waals surface area contributed by atoms with E-state index in [1.165, 1.54) is 6.33 Å². The van der Waals surface area contributed by atoms with Crippen LogP contribution in [-0.2, 0) is 6.18 Å². The molecule has 1 aromatic carbocycles. The van der Waals surface area contributed by atoms with E-state index in [1.54, 1.807) is 6.92 Å². The van der Waals surface area contributed by atoms with E-state index < -0.39 is 12.0 Å². The number of hydrogen-bond donors (Lipinski definition) is 1. The van der Waals surface area contributed by atoms with Gasteiger partial charge in [0.1, 0.15) is 12.1 Å². The molecule has 0 amide bonds. The van der Waals surface area contributed by atoms with Crippen molar-refractivity contribution < 1.29 is 13.2 Å². The number of benzene rings is 1. The SMILES string of the molecule is C[C@@H](Nc1ncnc2ccccc12)c1cnc(C(F)(F)F)nc1. The molecule has 2 heterocycles. The van der Waals surface area contributed by atoms with Crippen LogP contribution in [0.4, 0.5) is 19.0 Å². The summed E-state index contributed by atoms with van der Waals surface area (Å²) in [6.45, 7) is 1.79. The fraction of sp³-hybridized carbons (Fsp3) is 0.200. The van der Waals surface area contributed by atoms with E-state index in [1.807, 2.05) is 24.3 Å². The average Bonchev–Trinajstić information content (AvgIpc) is 2.54. The second kappa shape index (κ2) is 5.79. The van der Waals surface area contributed by atoms with Crippen LogP contribution in [-0.4, -0.2) is 19.9 Å². The summed E-state index contributed by atoms with van der Waals surface area (Å²) in [6, 6.07) is 7.15. The molecule has 0 bridgehead atoms. The molecule has 1 atom stereocenters. The minimum atomic E-state index is -4.54. The molecule has 23 heavy (non-hydrogen) atoms. The average molecular weight is 319 g/mol. The highest BCUT2D eigenvalue weighted by molar-refractivity contribution is 5.88. The summed E-state index contributed by atoms with van der Waals surface area (Å²) < 4.78 is 37.5. The van der Waals surface area contributed by atoms with Gasteiger partial charge in [-0.1, -0.05) is 12.1 Å². The van der Waals surface area contributed by atoms with Gasteiger partial charge < -0.3 is 5.32 Å².